The second-order valence-electron chi connectivity index (χ2n) is 7.86. The van der Waals surface area contributed by atoms with E-state index in [1.54, 1.807) is 61.1 Å². The highest BCUT2D eigenvalue weighted by Crippen LogP contribution is 2.22. The zero-order chi connectivity index (χ0) is 23.8. The summed E-state index contributed by atoms with van der Waals surface area (Å²) >= 11 is 0. The highest BCUT2D eigenvalue weighted by Gasteiger charge is 2.18. The molecular formula is C24H24N4O4S. The lowest BCUT2D eigenvalue weighted by Crippen LogP contribution is -2.29. The molecule has 8 nitrogen and oxygen atoms in total. The summed E-state index contributed by atoms with van der Waals surface area (Å²) in [5.41, 5.74) is 3.60. The topological polar surface area (TPSA) is 93.4 Å². The Morgan fingerprint density at radius 1 is 0.909 bits per heavy atom. The normalized spacial score (nSPS) is 11.5. The Balaban J connectivity index is 1.56. The van der Waals surface area contributed by atoms with E-state index in [4.69, 9.17) is 0 Å². The molecule has 1 aromatic heterocycles. The van der Waals surface area contributed by atoms with Crippen LogP contribution < -0.4 is 15.3 Å². The lowest BCUT2D eigenvalue weighted by atomic mass is 10.1. The van der Waals surface area contributed by atoms with Gasteiger partial charge in [0.15, 0.2) is 0 Å². The summed E-state index contributed by atoms with van der Waals surface area (Å²) in [6.45, 7) is 0.195. The van der Waals surface area contributed by atoms with Crippen molar-refractivity contribution in [3.8, 4) is 0 Å². The molecule has 0 aliphatic rings. The minimum atomic E-state index is -3.52. The zero-order valence-electron chi connectivity index (χ0n) is 18.5. The SMILES string of the molecule is Cn1c(=O)n(C)c2cc(NC(=O)c3ccc(N(Cc4ccccc4)S(C)(=O)=O)cc3)ccc21. The second kappa shape index (κ2) is 8.59. The number of imidazole rings is 1. The van der Waals surface area contributed by atoms with Crippen molar-refractivity contribution < 1.29 is 13.2 Å². The van der Waals surface area contributed by atoms with Crippen molar-refractivity contribution in [3.63, 3.8) is 0 Å². The van der Waals surface area contributed by atoms with E-state index in [1.807, 2.05) is 30.3 Å². The number of nitrogens with zero attached hydrogens (tertiary/aromatic N) is 3. The molecule has 1 amide bonds. The highest BCUT2D eigenvalue weighted by molar-refractivity contribution is 7.92. The number of fused-ring (bicyclic) bond motifs is 1. The molecule has 0 aliphatic carbocycles. The number of aromatic nitrogens is 2. The van der Waals surface area contributed by atoms with E-state index in [0.29, 0.717) is 22.5 Å². The van der Waals surface area contributed by atoms with Crippen LogP contribution in [0.3, 0.4) is 0 Å². The molecule has 0 spiro atoms. The van der Waals surface area contributed by atoms with Gasteiger partial charge in [0, 0.05) is 25.3 Å². The van der Waals surface area contributed by atoms with Crippen LogP contribution >= 0.6 is 0 Å². The van der Waals surface area contributed by atoms with Gasteiger partial charge in [-0.25, -0.2) is 13.2 Å². The third-order valence-electron chi connectivity index (χ3n) is 5.52. The molecule has 1 heterocycles. The van der Waals surface area contributed by atoms with E-state index in [9.17, 15) is 18.0 Å². The van der Waals surface area contributed by atoms with Crippen LogP contribution in [0.5, 0.6) is 0 Å². The van der Waals surface area contributed by atoms with Crippen LogP contribution in [-0.4, -0.2) is 29.7 Å². The highest BCUT2D eigenvalue weighted by atomic mass is 32.2. The molecule has 0 aliphatic heterocycles. The standard InChI is InChI=1S/C24H24N4O4S/c1-26-21-14-11-19(15-22(21)27(2)24(26)30)25-23(29)18-9-12-20(13-10-18)28(33(3,31)32)16-17-7-5-4-6-8-17/h4-15H,16H2,1-3H3,(H,25,29). The number of amides is 1. The van der Waals surface area contributed by atoms with Gasteiger partial charge in [0.05, 0.1) is 29.5 Å². The van der Waals surface area contributed by atoms with E-state index in [0.717, 1.165) is 17.3 Å². The number of rotatable bonds is 6. The Kier molecular flexibility index (Phi) is 5.82. The van der Waals surface area contributed by atoms with Gasteiger partial charge in [0.1, 0.15) is 0 Å². The van der Waals surface area contributed by atoms with Gasteiger partial charge < -0.3 is 5.32 Å². The largest absolute Gasteiger partial charge is 0.328 e. The molecule has 0 saturated heterocycles. The van der Waals surface area contributed by atoms with Gasteiger partial charge in [-0.15, -0.1) is 0 Å². The maximum atomic E-state index is 12.8. The van der Waals surface area contributed by atoms with Gasteiger partial charge in [-0.2, -0.15) is 0 Å². The molecule has 3 aromatic carbocycles. The van der Waals surface area contributed by atoms with Gasteiger partial charge in [-0.1, -0.05) is 30.3 Å². The molecule has 0 atom stereocenters. The molecule has 170 valence electrons. The fourth-order valence-corrected chi connectivity index (χ4v) is 4.60. The van der Waals surface area contributed by atoms with Crippen molar-refractivity contribution >= 4 is 38.3 Å². The summed E-state index contributed by atoms with van der Waals surface area (Å²) in [4.78, 5) is 24.9. The molecule has 0 bridgehead atoms. The van der Waals surface area contributed by atoms with E-state index in [1.165, 1.54) is 8.87 Å². The van der Waals surface area contributed by atoms with Crippen LogP contribution in [-0.2, 0) is 30.7 Å². The Hall–Kier alpha value is -3.85. The minimum absolute atomic E-state index is 0.144. The number of benzene rings is 3. The van der Waals surface area contributed by atoms with Crippen molar-refractivity contribution in [2.45, 2.75) is 6.54 Å². The maximum absolute atomic E-state index is 12.8. The Bertz CT molecular complexity index is 1490. The summed E-state index contributed by atoms with van der Waals surface area (Å²) in [6.07, 6.45) is 1.16. The number of nitrogens with one attached hydrogen (secondary N) is 1. The molecule has 4 rings (SSSR count). The monoisotopic (exact) mass is 464 g/mol. The molecule has 0 fully saturated rings. The molecule has 9 heteroatoms. The number of sulfonamides is 1. The first-order chi connectivity index (χ1) is 15.6. The van der Waals surface area contributed by atoms with Crippen molar-refractivity contribution in [3.05, 3.63) is 94.4 Å². The molecule has 0 unspecified atom stereocenters. The zero-order valence-corrected chi connectivity index (χ0v) is 19.3. The average Bonchev–Trinajstić information content (AvgIpc) is 3.01. The van der Waals surface area contributed by atoms with Crippen LogP contribution in [0.2, 0.25) is 0 Å². The first-order valence-electron chi connectivity index (χ1n) is 10.2. The first kappa shape index (κ1) is 22.3. The Morgan fingerprint density at radius 2 is 1.55 bits per heavy atom. The van der Waals surface area contributed by atoms with Crippen molar-refractivity contribution in [1.29, 1.82) is 0 Å². The summed E-state index contributed by atoms with van der Waals surface area (Å²) in [7, 11) is -0.146. The average molecular weight is 465 g/mol. The summed E-state index contributed by atoms with van der Waals surface area (Å²) in [5.74, 6) is -0.337. The molecule has 33 heavy (non-hydrogen) atoms. The van der Waals surface area contributed by atoms with Crippen LogP contribution in [0.4, 0.5) is 11.4 Å². The van der Waals surface area contributed by atoms with Gasteiger partial charge >= 0.3 is 5.69 Å². The van der Waals surface area contributed by atoms with Crippen LogP contribution in [0.25, 0.3) is 11.0 Å². The Morgan fingerprint density at radius 3 is 2.18 bits per heavy atom. The fourth-order valence-electron chi connectivity index (χ4n) is 3.72. The molecule has 0 saturated carbocycles. The summed E-state index contributed by atoms with van der Waals surface area (Å²) in [5, 5.41) is 2.83. The van der Waals surface area contributed by atoms with E-state index in [-0.39, 0.29) is 18.1 Å². The van der Waals surface area contributed by atoms with Gasteiger partial charge in [-0.05, 0) is 48.0 Å². The molecular weight excluding hydrogens is 440 g/mol. The Labute approximate surface area is 191 Å². The van der Waals surface area contributed by atoms with Crippen LogP contribution in [0.1, 0.15) is 15.9 Å². The number of hydrogen-bond acceptors (Lipinski definition) is 4. The summed E-state index contributed by atoms with van der Waals surface area (Å²) in [6, 6.07) is 21.0. The molecule has 4 aromatic rings. The van der Waals surface area contributed by atoms with Gasteiger partial charge in [-0.3, -0.25) is 18.2 Å². The minimum Gasteiger partial charge on any atom is -0.322 e. The number of hydrogen-bond donors (Lipinski definition) is 1. The quantitative estimate of drug-likeness (QED) is 0.475. The smallest absolute Gasteiger partial charge is 0.322 e. The predicted octanol–water partition coefficient (Wildman–Crippen LogP) is 3.10. The van der Waals surface area contributed by atoms with Crippen LogP contribution in [0, 0.1) is 0 Å². The van der Waals surface area contributed by atoms with Crippen molar-refractivity contribution in [2.24, 2.45) is 14.1 Å². The maximum Gasteiger partial charge on any atom is 0.328 e. The second-order valence-corrected chi connectivity index (χ2v) is 9.77. The van der Waals surface area contributed by atoms with E-state index >= 15 is 0 Å². The lowest BCUT2D eigenvalue weighted by molar-refractivity contribution is 0.102. The molecule has 1 N–H and O–H groups in total. The number of aryl methyl sites for hydroxylation is 2. The van der Waals surface area contributed by atoms with E-state index < -0.39 is 10.0 Å². The lowest BCUT2D eigenvalue weighted by Gasteiger charge is -2.22. The van der Waals surface area contributed by atoms with Crippen molar-refractivity contribution in [2.75, 3.05) is 15.9 Å². The number of carbonyl (C=O) groups excluding carboxylic acids is 1. The van der Waals surface area contributed by atoms with Gasteiger partial charge in [0.2, 0.25) is 10.0 Å². The molecule has 0 radical (unpaired) electrons. The first-order valence-corrected chi connectivity index (χ1v) is 12.1. The van der Waals surface area contributed by atoms with Gasteiger partial charge in [0.25, 0.3) is 5.91 Å². The predicted molar refractivity (Wildman–Crippen MR) is 130 cm³/mol. The third kappa shape index (κ3) is 4.54. The van der Waals surface area contributed by atoms with Crippen molar-refractivity contribution in [1.82, 2.24) is 9.13 Å². The summed E-state index contributed by atoms with van der Waals surface area (Å²) < 4.78 is 29.1. The number of carbonyl (C=O) groups is 1. The number of anilines is 2. The fraction of sp³-hybridized carbons (Fsp3) is 0.167. The third-order valence-corrected chi connectivity index (χ3v) is 6.66. The van der Waals surface area contributed by atoms with Crippen LogP contribution in [0.15, 0.2) is 77.6 Å². The van der Waals surface area contributed by atoms with E-state index in [2.05, 4.69) is 5.32 Å².